The van der Waals surface area contributed by atoms with Crippen LogP contribution in [0.25, 0.3) is 11.3 Å². The van der Waals surface area contributed by atoms with Crippen LogP contribution in [0.3, 0.4) is 0 Å². The molecule has 0 N–H and O–H groups in total. The molecular weight excluding hydrogens is 190 g/mol. The molecule has 0 spiro atoms. The zero-order chi connectivity index (χ0) is 10.8. The summed E-state index contributed by atoms with van der Waals surface area (Å²) >= 11 is 0. The van der Waals surface area contributed by atoms with E-state index in [9.17, 15) is 4.79 Å². The largest absolute Gasteiger partial charge is 0.269 e. The Balaban J connectivity index is 2.61. The van der Waals surface area contributed by atoms with Crippen molar-refractivity contribution in [3.05, 3.63) is 46.5 Å². The Morgan fingerprint density at radius 3 is 2.80 bits per heavy atom. The molecule has 4 nitrogen and oxygen atoms in total. The first-order valence-electron chi connectivity index (χ1n) is 4.64. The molecule has 2 aromatic rings. The normalized spacial score (nSPS) is 10.3. The first kappa shape index (κ1) is 9.58. The van der Waals surface area contributed by atoms with E-state index in [1.807, 2.05) is 12.1 Å². The highest BCUT2D eigenvalue weighted by molar-refractivity contribution is 5.57. The van der Waals surface area contributed by atoms with Crippen LogP contribution in [0.1, 0.15) is 5.56 Å². The third-order valence-corrected chi connectivity index (χ3v) is 2.20. The number of hydrogen-bond donors (Lipinski definition) is 0. The molecule has 0 aromatic carbocycles. The van der Waals surface area contributed by atoms with Gasteiger partial charge in [-0.2, -0.15) is 5.10 Å². The van der Waals surface area contributed by atoms with Crippen molar-refractivity contribution >= 4 is 0 Å². The van der Waals surface area contributed by atoms with Crippen molar-refractivity contribution in [2.24, 2.45) is 7.05 Å². The van der Waals surface area contributed by atoms with Gasteiger partial charge in [-0.3, -0.25) is 9.78 Å². The van der Waals surface area contributed by atoms with Gasteiger partial charge in [0.25, 0.3) is 5.56 Å². The van der Waals surface area contributed by atoms with Crippen LogP contribution in [0.2, 0.25) is 0 Å². The average molecular weight is 201 g/mol. The summed E-state index contributed by atoms with van der Waals surface area (Å²) in [6.45, 7) is 1.78. The fourth-order valence-corrected chi connectivity index (χ4v) is 1.41. The van der Waals surface area contributed by atoms with Gasteiger partial charge in [-0.1, -0.05) is 0 Å². The molecule has 0 atom stereocenters. The van der Waals surface area contributed by atoms with E-state index in [-0.39, 0.29) is 5.56 Å². The third kappa shape index (κ3) is 1.79. The van der Waals surface area contributed by atoms with Crippen LogP contribution in [0, 0.1) is 6.92 Å². The van der Waals surface area contributed by atoms with E-state index in [0.717, 1.165) is 11.3 Å². The van der Waals surface area contributed by atoms with E-state index in [2.05, 4.69) is 10.1 Å². The molecule has 76 valence electrons. The summed E-state index contributed by atoms with van der Waals surface area (Å²) in [6, 6.07) is 5.54. The number of nitrogens with zero attached hydrogens (tertiary/aromatic N) is 3. The van der Waals surface area contributed by atoms with E-state index >= 15 is 0 Å². The maximum Gasteiger partial charge on any atom is 0.269 e. The highest BCUT2D eigenvalue weighted by Crippen LogP contribution is 2.13. The van der Waals surface area contributed by atoms with Gasteiger partial charge in [0.2, 0.25) is 0 Å². The fraction of sp³-hybridized carbons (Fsp3) is 0.182. The number of hydrogen-bond acceptors (Lipinski definition) is 3. The zero-order valence-corrected chi connectivity index (χ0v) is 8.64. The van der Waals surface area contributed by atoms with Crippen molar-refractivity contribution in [2.45, 2.75) is 6.92 Å². The van der Waals surface area contributed by atoms with Crippen LogP contribution in [-0.2, 0) is 7.05 Å². The molecule has 0 unspecified atom stereocenters. The zero-order valence-electron chi connectivity index (χ0n) is 8.64. The number of aromatic nitrogens is 3. The van der Waals surface area contributed by atoms with E-state index in [4.69, 9.17) is 0 Å². The molecule has 0 bridgehead atoms. The molecule has 15 heavy (non-hydrogen) atoms. The standard InChI is InChI=1S/C11H11N3O/c1-8-6-10(13-14(2)11(8)15)9-4-3-5-12-7-9/h3-7H,1-2H3. The summed E-state index contributed by atoms with van der Waals surface area (Å²) in [5, 5.41) is 4.17. The Kier molecular flexibility index (Phi) is 2.33. The molecule has 2 rings (SSSR count). The summed E-state index contributed by atoms with van der Waals surface area (Å²) in [5.41, 5.74) is 2.30. The van der Waals surface area contributed by atoms with Gasteiger partial charge in [-0.05, 0) is 25.1 Å². The van der Waals surface area contributed by atoms with Crippen LogP contribution in [0.4, 0.5) is 0 Å². The van der Waals surface area contributed by atoms with Crippen molar-refractivity contribution in [1.29, 1.82) is 0 Å². The molecule has 0 aliphatic rings. The first-order valence-corrected chi connectivity index (χ1v) is 4.64. The molecule has 2 aromatic heterocycles. The van der Waals surface area contributed by atoms with E-state index < -0.39 is 0 Å². The lowest BCUT2D eigenvalue weighted by Gasteiger charge is -2.03. The van der Waals surface area contributed by atoms with Crippen LogP contribution in [-0.4, -0.2) is 14.8 Å². The van der Waals surface area contributed by atoms with Gasteiger partial charge in [0.15, 0.2) is 0 Å². The summed E-state index contributed by atoms with van der Waals surface area (Å²) in [4.78, 5) is 15.5. The quantitative estimate of drug-likeness (QED) is 0.695. The van der Waals surface area contributed by atoms with Crippen molar-refractivity contribution in [3.63, 3.8) is 0 Å². The molecule has 0 saturated heterocycles. The molecule has 0 fully saturated rings. The minimum Gasteiger partial charge on any atom is -0.268 e. The summed E-state index contributed by atoms with van der Waals surface area (Å²) in [5.74, 6) is 0. The molecular formula is C11H11N3O. The molecule has 0 saturated carbocycles. The average Bonchev–Trinajstić information content (AvgIpc) is 2.26. The Morgan fingerprint density at radius 2 is 2.20 bits per heavy atom. The summed E-state index contributed by atoms with van der Waals surface area (Å²) in [7, 11) is 1.65. The second-order valence-corrected chi connectivity index (χ2v) is 3.38. The maximum absolute atomic E-state index is 11.4. The maximum atomic E-state index is 11.4. The topological polar surface area (TPSA) is 47.8 Å². The molecule has 0 aliphatic carbocycles. The molecule has 2 heterocycles. The van der Waals surface area contributed by atoms with E-state index in [0.29, 0.717) is 5.56 Å². The van der Waals surface area contributed by atoms with E-state index in [1.165, 1.54) is 4.68 Å². The minimum absolute atomic E-state index is 0.0670. The number of rotatable bonds is 1. The molecule has 4 heteroatoms. The van der Waals surface area contributed by atoms with Crippen LogP contribution in [0.15, 0.2) is 35.4 Å². The fourth-order valence-electron chi connectivity index (χ4n) is 1.41. The number of aryl methyl sites for hydroxylation is 2. The van der Waals surface area contributed by atoms with Gasteiger partial charge in [0.05, 0.1) is 5.69 Å². The predicted octanol–water partition coefficient (Wildman–Crippen LogP) is 1.15. The van der Waals surface area contributed by atoms with Crippen LogP contribution >= 0.6 is 0 Å². The lowest BCUT2D eigenvalue weighted by Crippen LogP contribution is -2.21. The summed E-state index contributed by atoms with van der Waals surface area (Å²) in [6.07, 6.45) is 3.44. The van der Waals surface area contributed by atoms with Gasteiger partial charge in [0, 0.05) is 30.6 Å². The van der Waals surface area contributed by atoms with Crippen molar-refractivity contribution < 1.29 is 0 Å². The van der Waals surface area contributed by atoms with Crippen molar-refractivity contribution in [3.8, 4) is 11.3 Å². The van der Waals surface area contributed by atoms with Gasteiger partial charge in [0.1, 0.15) is 0 Å². The Hall–Kier alpha value is -1.97. The third-order valence-electron chi connectivity index (χ3n) is 2.20. The smallest absolute Gasteiger partial charge is 0.268 e. The Labute approximate surface area is 87.2 Å². The Morgan fingerprint density at radius 1 is 1.40 bits per heavy atom. The van der Waals surface area contributed by atoms with Gasteiger partial charge < -0.3 is 0 Å². The second-order valence-electron chi connectivity index (χ2n) is 3.38. The van der Waals surface area contributed by atoms with Crippen LogP contribution in [0.5, 0.6) is 0 Å². The lowest BCUT2D eigenvalue weighted by molar-refractivity contribution is 0.705. The van der Waals surface area contributed by atoms with Crippen molar-refractivity contribution in [1.82, 2.24) is 14.8 Å². The lowest BCUT2D eigenvalue weighted by atomic mass is 10.2. The Bertz CT molecular complexity index is 505. The van der Waals surface area contributed by atoms with Gasteiger partial charge in [-0.15, -0.1) is 0 Å². The number of pyridine rings is 1. The predicted molar refractivity (Wildman–Crippen MR) is 57.4 cm³/mol. The molecule has 0 aliphatic heterocycles. The SMILES string of the molecule is Cc1cc(-c2cccnc2)nn(C)c1=O. The highest BCUT2D eigenvalue weighted by atomic mass is 16.1. The van der Waals surface area contributed by atoms with Crippen molar-refractivity contribution in [2.75, 3.05) is 0 Å². The minimum atomic E-state index is -0.0670. The van der Waals surface area contributed by atoms with Crippen LogP contribution < -0.4 is 5.56 Å². The molecule has 0 amide bonds. The van der Waals surface area contributed by atoms with E-state index in [1.54, 1.807) is 32.4 Å². The first-order chi connectivity index (χ1) is 7.18. The highest BCUT2D eigenvalue weighted by Gasteiger charge is 2.03. The van der Waals surface area contributed by atoms with Gasteiger partial charge in [-0.25, -0.2) is 4.68 Å². The molecule has 0 radical (unpaired) electrons. The monoisotopic (exact) mass is 201 g/mol. The van der Waals surface area contributed by atoms with Gasteiger partial charge >= 0.3 is 0 Å². The second kappa shape index (κ2) is 3.65. The summed E-state index contributed by atoms with van der Waals surface area (Å²) < 4.78 is 1.34.